The molecule has 0 aliphatic rings. The minimum atomic E-state index is -3.71. The highest BCUT2D eigenvalue weighted by atomic mass is 32.2. The Morgan fingerprint density at radius 3 is 2.52 bits per heavy atom. The Kier molecular flexibility index (Phi) is 5.27. The molecule has 1 aromatic carbocycles. The maximum atomic E-state index is 13.3. The minimum Gasteiger partial charge on any atom is -0.495 e. The van der Waals surface area contributed by atoms with Gasteiger partial charge in [0, 0.05) is 30.4 Å². The highest BCUT2D eigenvalue weighted by Gasteiger charge is 2.28. The summed E-state index contributed by atoms with van der Waals surface area (Å²) in [6, 6.07) is 14.4. The van der Waals surface area contributed by atoms with E-state index in [-0.39, 0.29) is 4.90 Å². The molecule has 0 atom stereocenters. The van der Waals surface area contributed by atoms with Gasteiger partial charge in [0.25, 0.3) is 0 Å². The Morgan fingerprint density at radius 1 is 1.08 bits per heavy atom. The van der Waals surface area contributed by atoms with E-state index in [1.165, 1.54) is 11.4 Å². The topological polar surface area (TPSA) is 51.5 Å². The molecule has 25 heavy (non-hydrogen) atoms. The number of nitrogens with zero attached hydrogens (tertiary/aromatic N) is 2. The number of hydrogen-bond acceptors (Lipinski definition) is 4. The van der Waals surface area contributed by atoms with Gasteiger partial charge in [0.15, 0.2) is 0 Å². The largest absolute Gasteiger partial charge is 0.495 e. The number of methoxy groups -OCH3 is 1. The summed E-state index contributed by atoms with van der Waals surface area (Å²) in [6.07, 6.45) is 1.91. The SMILES string of the molecule is COc1ccccc1S(=O)(=O)N(Cc1cccs1)Cc1cccn1C. The lowest BCUT2D eigenvalue weighted by Crippen LogP contribution is -2.31. The van der Waals surface area contributed by atoms with Crippen LogP contribution in [0.5, 0.6) is 5.75 Å². The first-order chi connectivity index (χ1) is 12.0. The molecular weight excluding hydrogens is 356 g/mol. The summed E-state index contributed by atoms with van der Waals surface area (Å²) in [6.45, 7) is 0.616. The van der Waals surface area contributed by atoms with Crippen LogP contribution in [-0.4, -0.2) is 24.4 Å². The predicted molar refractivity (Wildman–Crippen MR) is 99.2 cm³/mol. The van der Waals surface area contributed by atoms with Gasteiger partial charge in [-0.1, -0.05) is 18.2 Å². The number of thiophene rings is 1. The number of sulfonamides is 1. The standard InChI is InChI=1S/C18H20N2O3S2/c1-19-11-5-7-15(19)13-20(14-16-8-6-12-24-16)25(21,22)18-10-4-3-9-17(18)23-2/h3-12H,13-14H2,1-2H3. The van der Waals surface area contributed by atoms with Crippen molar-refractivity contribution in [1.82, 2.24) is 8.87 Å². The average molecular weight is 377 g/mol. The molecule has 2 heterocycles. The van der Waals surface area contributed by atoms with Gasteiger partial charge in [-0.3, -0.25) is 0 Å². The van der Waals surface area contributed by atoms with Gasteiger partial charge in [-0.2, -0.15) is 4.31 Å². The Morgan fingerprint density at radius 2 is 1.88 bits per heavy atom. The van der Waals surface area contributed by atoms with Gasteiger partial charge < -0.3 is 9.30 Å². The second-order valence-corrected chi connectivity index (χ2v) is 8.55. The van der Waals surface area contributed by atoms with E-state index < -0.39 is 10.0 Å². The van der Waals surface area contributed by atoms with Crippen LogP contribution >= 0.6 is 11.3 Å². The number of rotatable bonds is 7. The molecule has 0 saturated heterocycles. The molecule has 3 rings (SSSR count). The van der Waals surface area contributed by atoms with Crippen molar-refractivity contribution in [1.29, 1.82) is 0 Å². The highest BCUT2D eigenvalue weighted by Crippen LogP contribution is 2.29. The molecule has 0 amide bonds. The van der Waals surface area contributed by atoms with Crippen LogP contribution < -0.4 is 4.74 Å². The molecule has 0 N–H and O–H groups in total. The van der Waals surface area contributed by atoms with E-state index in [4.69, 9.17) is 4.74 Å². The maximum absolute atomic E-state index is 13.3. The molecule has 0 saturated carbocycles. The van der Waals surface area contributed by atoms with Crippen molar-refractivity contribution in [2.75, 3.05) is 7.11 Å². The van der Waals surface area contributed by atoms with Crippen molar-refractivity contribution in [3.8, 4) is 5.75 Å². The molecule has 0 unspecified atom stereocenters. The third kappa shape index (κ3) is 3.78. The molecule has 2 aromatic heterocycles. The van der Waals surface area contributed by atoms with E-state index in [1.54, 1.807) is 35.6 Å². The summed E-state index contributed by atoms with van der Waals surface area (Å²) in [5.41, 5.74) is 0.926. The lowest BCUT2D eigenvalue weighted by Gasteiger charge is -2.23. The lowest BCUT2D eigenvalue weighted by atomic mass is 10.3. The Bertz CT molecular complexity index is 931. The van der Waals surface area contributed by atoms with Gasteiger partial charge in [-0.15, -0.1) is 11.3 Å². The molecule has 0 fully saturated rings. The maximum Gasteiger partial charge on any atom is 0.247 e. The zero-order valence-corrected chi connectivity index (χ0v) is 15.8. The van der Waals surface area contributed by atoms with Crippen LogP contribution in [0.1, 0.15) is 10.6 Å². The number of ether oxygens (including phenoxy) is 1. The first-order valence-electron chi connectivity index (χ1n) is 7.78. The number of hydrogen-bond donors (Lipinski definition) is 0. The van der Waals surface area contributed by atoms with Crippen LogP contribution in [0.2, 0.25) is 0 Å². The summed E-state index contributed by atoms with van der Waals surface area (Å²) < 4.78 is 35.3. The number of aromatic nitrogens is 1. The first kappa shape index (κ1) is 17.7. The summed E-state index contributed by atoms with van der Waals surface area (Å²) in [7, 11) is -0.319. The molecule has 3 aromatic rings. The van der Waals surface area contributed by atoms with Crippen molar-refractivity contribution in [3.05, 3.63) is 70.7 Å². The number of para-hydroxylation sites is 1. The van der Waals surface area contributed by atoms with Crippen molar-refractivity contribution in [2.45, 2.75) is 18.0 Å². The smallest absolute Gasteiger partial charge is 0.247 e. The van der Waals surface area contributed by atoms with Crippen molar-refractivity contribution < 1.29 is 13.2 Å². The van der Waals surface area contributed by atoms with Crippen LogP contribution in [0.15, 0.2) is 65.0 Å². The van der Waals surface area contributed by atoms with Crippen LogP contribution in [0.4, 0.5) is 0 Å². The molecule has 0 aliphatic heterocycles. The van der Waals surface area contributed by atoms with Crippen LogP contribution in [0.25, 0.3) is 0 Å². The van der Waals surface area contributed by atoms with Crippen molar-refractivity contribution in [2.24, 2.45) is 7.05 Å². The Labute approximate surface area is 152 Å². The first-order valence-corrected chi connectivity index (χ1v) is 10.1. The van der Waals surface area contributed by atoms with Gasteiger partial charge >= 0.3 is 0 Å². The fraction of sp³-hybridized carbons (Fsp3) is 0.222. The van der Waals surface area contributed by atoms with Gasteiger partial charge in [0.1, 0.15) is 10.6 Å². The van der Waals surface area contributed by atoms with Crippen molar-refractivity contribution in [3.63, 3.8) is 0 Å². The summed E-state index contributed by atoms with van der Waals surface area (Å²) >= 11 is 1.55. The fourth-order valence-corrected chi connectivity index (χ4v) is 4.96. The summed E-state index contributed by atoms with van der Waals surface area (Å²) in [4.78, 5) is 1.18. The Balaban J connectivity index is 2.01. The zero-order valence-electron chi connectivity index (χ0n) is 14.1. The van der Waals surface area contributed by atoms with Gasteiger partial charge in [-0.05, 0) is 35.7 Å². The van der Waals surface area contributed by atoms with Crippen LogP contribution in [0, 0.1) is 0 Å². The van der Waals surface area contributed by atoms with Crippen LogP contribution in [0.3, 0.4) is 0 Å². The molecule has 0 bridgehead atoms. The number of aryl methyl sites for hydroxylation is 1. The van der Waals surface area contributed by atoms with Crippen LogP contribution in [-0.2, 0) is 30.2 Å². The molecule has 5 nitrogen and oxygen atoms in total. The highest BCUT2D eigenvalue weighted by molar-refractivity contribution is 7.89. The molecular formula is C18H20N2O3S2. The third-order valence-electron chi connectivity index (χ3n) is 3.99. The molecule has 7 heteroatoms. The van der Waals surface area contributed by atoms with E-state index in [0.29, 0.717) is 18.8 Å². The van der Waals surface area contributed by atoms with E-state index in [2.05, 4.69) is 0 Å². The molecule has 132 valence electrons. The quantitative estimate of drug-likeness (QED) is 0.634. The van der Waals surface area contributed by atoms with E-state index in [1.807, 2.05) is 47.5 Å². The molecule has 0 aliphatic carbocycles. The normalized spacial score (nSPS) is 11.8. The van der Waals surface area contributed by atoms with E-state index in [0.717, 1.165) is 10.6 Å². The van der Waals surface area contributed by atoms with Crippen molar-refractivity contribution >= 4 is 21.4 Å². The monoisotopic (exact) mass is 376 g/mol. The van der Waals surface area contributed by atoms with Gasteiger partial charge in [-0.25, -0.2) is 8.42 Å². The van der Waals surface area contributed by atoms with Gasteiger partial charge in [0.05, 0.1) is 13.7 Å². The lowest BCUT2D eigenvalue weighted by molar-refractivity contribution is 0.380. The van der Waals surface area contributed by atoms with E-state index in [9.17, 15) is 8.42 Å². The molecule has 0 radical (unpaired) electrons. The minimum absolute atomic E-state index is 0.184. The van der Waals surface area contributed by atoms with Gasteiger partial charge in [0.2, 0.25) is 10.0 Å². The summed E-state index contributed by atoms with van der Waals surface area (Å²) in [5.74, 6) is 0.352. The zero-order chi connectivity index (χ0) is 17.9. The number of benzene rings is 1. The van der Waals surface area contributed by atoms with E-state index >= 15 is 0 Å². The average Bonchev–Trinajstić information content (AvgIpc) is 3.26. The predicted octanol–water partition coefficient (Wildman–Crippen LogP) is 3.49. The summed E-state index contributed by atoms with van der Waals surface area (Å²) in [5, 5.41) is 1.95. The fourth-order valence-electron chi connectivity index (χ4n) is 2.61. The second kappa shape index (κ2) is 7.43. The Hall–Kier alpha value is -2.09. The molecule has 0 spiro atoms. The second-order valence-electron chi connectivity index (χ2n) is 5.61. The third-order valence-corrected chi connectivity index (χ3v) is 6.68.